The van der Waals surface area contributed by atoms with Gasteiger partial charge in [0.1, 0.15) is 12.6 Å². The molecule has 1 rings (SSSR count). The highest BCUT2D eigenvalue weighted by molar-refractivity contribution is 5.83. The van der Waals surface area contributed by atoms with Gasteiger partial charge in [0.05, 0.1) is 12.7 Å². The first-order valence-corrected chi connectivity index (χ1v) is 6.18. The summed E-state index contributed by atoms with van der Waals surface area (Å²) in [6, 6.07) is -2.31. The smallest absolute Gasteiger partial charge is 0.406 e. The SMILES string of the molecule is COC1CC(C(=O)O)N(C(=O)N(CCO)CC(F)(F)F)C1. The highest BCUT2D eigenvalue weighted by Crippen LogP contribution is 2.24. The van der Waals surface area contributed by atoms with Gasteiger partial charge in [-0.05, 0) is 0 Å². The molecule has 0 aliphatic carbocycles. The number of nitrogens with zero attached hydrogens (tertiary/aromatic N) is 2. The zero-order chi connectivity index (χ0) is 16.2. The maximum absolute atomic E-state index is 12.4. The number of amides is 2. The molecule has 0 aromatic heterocycles. The lowest BCUT2D eigenvalue weighted by molar-refractivity contribution is -0.144. The van der Waals surface area contributed by atoms with Crippen LogP contribution in [0.25, 0.3) is 0 Å². The third-order valence-corrected chi connectivity index (χ3v) is 3.14. The average molecular weight is 314 g/mol. The highest BCUT2D eigenvalue weighted by atomic mass is 19.4. The van der Waals surface area contributed by atoms with Crippen LogP contribution in [-0.4, -0.2) is 83.7 Å². The quantitative estimate of drug-likeness (QED) is 0.753. The van der Waals surface area contributed by atoms with Gasteiger partial charge in [0.25, 0.3) is 0 Å². The molecular formula is C11H17F3N2O5. The van der Waals surface area contributed by atoms with Gasteiger partial charge in [0.2, 0.25) is 0 Å². The van der Waals surface area contributed by atoms with E-state index in [1.165, 1.54) is 7.11 Å². The molecule has 7 nitrogen and oxygen atoms in total. The molecule has 122 valence electrons. The topological polar surface area (TPSA) is 90.3 Å². The zero-order valence-electron chi connectivity index (χ0n) is 11.3. The molecule has 2 amide bonds. The summed E-state index contributed by atoms with van der Waals surface area (Å²) < 4.78 is 42.3. The molecule has 10 heteroatoms. The Kier molecular flexibility index (Phi) is 5.78. The van der Waals surface area contributed by atoms with Gasteiger partial charge >= 0.3 is 18.2 Å². The molecule has 1 saturated heterocycles. The molecule has 2 unspecified atom stereocenters. The van der Waals surface area contributed by atoms with Crippen LogP contribution in [0.5, 0.6) is 0 Å². The van der Waals surface area contributed by atoms with Crippen LogP contribution < -0.4 is 0 Å². The first-order chi connectivity index (χ1) is 9.69. The van der Waals surface area contributed by atoms with Crippen molar-refractivity contribution < 1.29 is 37.7 Å². The second kappa shape index (κ2) is 6.94. The maximum Gasteiger partial charge on any atom is 0.406 e. The standard InChI is InChI=1S/C11H17F3N2O5/c1-21-7-4-8(9(18)19)16(5-7)10(20)15(2-3-17)6-11(12,13)14/h7-8,17H,2-6H2,1H3,(H,18,19). The fraction of sp³-hybridized carbons (Fsp3) is 0.818. The van der Waals surface area contributed by atoms with E-state index in [1.54, 1.807) is 0 Å². The van der Waals surface area contributed by atoms with E-state index in [0.717, 1.165) is 4.90 Å². The van der Waals surface area contributed by atoms with Crippen LogP contribution >= 0.6 is 0 Å². The van der Waals surface area contributed by atoms with Crippen molar-refractivity contribution in [3.05, 3.63) is 0 Å². The summed E-state index contributed by atoms with van der Waals surface area (Å²) in [5.41, 5.74) is 0. The van der Waals surface area contributed by atoms with Gasteiger partial charge in [-0.2, -0.15) is 13.2 Å². The predicted octanol–water partition coefficient (Wildman–Crippen LogP) is 0.137. The fourth-order valence-electron chi connectivity index (χ4n) is 2.17. The van der Waals surface area contributed by atoms with Gasteiger partial charge in [-0.3, -0.25) is 0 Å². The number of methoxy groups -OCH3 is 1. The Morgan fingerprint density at radius 1 is 1.43 bits per heavy atom. The molecule has 0 spiro atoms. The van der Waals surface area contributed by atoms with Crippen molar-refractivity contribution in [2.24, 2.45) is 0 Å². The number of hydrogen-bond acceptors (Lipinski definition) is 4. The van der Waals surface area contributed by atoms with Gasteiger partial charge in [-0.25, -0.2) is 9.59 Å². The minimum atomic E-state index is -4.63. The Morgan fingerprint density at radius 3 is 2.48 bits per heavy atom. The molecule has 2 atom stereocenters. The van der Waals surface area contributed by atoms with Crippen LogP contribution in [0.3, 0.4) is 0 Å². The molecule has 0 saturated carbocycles. The number of alkyl halides is 3. The Bertz CT molecular complexity index is 391. The van der Waals surface area contributed by atoms with Crippen LogP contribution in [0.15, 0.2) is 0 Å². The largest absolute Gasteiger partial charge is 0.480 e. The Hall–Kier alpha value is -1.55. The van der Waals surface area contributed by atoms with E-state index in [0.29, 0.717) is 4.90 Å². The first kappa shape index (κ1) is 17.5. The van der Waals surface area contributed by atoms with Crippen molar-refractivity contribution in [2.45, 2.75) is 24.7 Å². The lowest BCUT2D eigenvalue weighted by atomic mass is 10.2. The molecule has 1 heterocycles. The third-order valence-electron chi connectivity index (χ3n) is 3.14. The number of carboxylic acids is 1. The summed E-state index contributed by atoms with van der Waals surface area (Å²) in [5, 5.41) is 17.8. The van der Waals surface area contributed by atoms with E-state index in [1.807, 2.05) is 0 Å². The van der Waals surface area contributed by atoms with E-state index in [9.17, 15) is 22.8 Å². The normalized spacial score (nSPS) is 22.4. The summed E-state index contributed by atoms with van der Waals surface area (Å²) >= 11 is 0. The van der Waals surface area contributed by atoms with E-state index in [2.05, 4.69) is 0 Å². The molecule has 1 fully saturated rings. The first-order valence-electron chi connectivity index (χ1n) is 6.18. The van der Waals surface area contributed by atoms with E-state index in [4.69, 9.17) is 14.9 Å². The van der Waals surface area contributed by atoms with Crippen molar-refractivity contribution in [1.29, 1.82) is 0 Å². The summed E-state index contributed by atoms with van der Waals surface area (Å²) in [6.45, 7) is -2.83. The maximum atomic E-state index is 12.4. The highest BCUT2D eigenvalue weighted by Gasteiger charge is 2.43. The van der Waals surface area contributed by atoms with E-state index in [-0.39, 0.29) is 13.0 Å². The van der Waals surface area contributed by atoms with Crippen LogP contribution in [-0.2, 0) is 9.53 Å². The molecule has 1 aliphatic rings. The summed E-state index contributed by atoms with van der Waals surface area (Å²) in [5.74, 6) is -1.31. The Labute approximate surface area is 118 Å². The van der Waals surface area contributed by atoms with Crippen molar-refractivity contribution in [3.8, 4) is 0 Å². The van der Waals surface area contributed by atoms with Gasteiger partial charge in [0.15, 0.2) is 0 Å². The number of aliphatic hydroxyl groups is 1. The molecule has 0 aromatic carbocycles. The summed E-state index contributed by atoms with van der Waals surface area (Å²) in [6.07, 6.45) is -5.17. The van der Waals surface area contributed by atoms with E-state index < -0.39 is 50.0 Å². The number of carbonyl (C=O) groups excluding carboxylic acids is 1. The lowest BCUT2D eigenvalue weighted by Gasteiger charge is -2.30. The number of aliphatic carboxylic acids is 1. The van der Waals surface area contributed by atoms with Gasteiger partial charge in [-0.1, -0.05) is 0 Å². The van der Waals surface area contributed by atoms with E-state index >= 15 is 0 Å². The van der Waals surface area contributed by atoms with Crippen LogP contribution in [0.2, 0.25) is 0 Å². The summed E-state index contributed by atoms with van der Waals surface area (Å²) in [4.78, 5) is 24.4. The number of halogens is 3. The van der Waals surface area contributed by atoms with Gasteiger partial charge in [0, 0.05) is 26.6 Å². The molecular weight excluding hydrogens is 297 g/mol. The number of hydrogen-bond donors (Lipinski definition) is 2. The van der Waals surface area contributed by atoms with Gasteiger partial charge in [-0.15, -0.1) is 0 Å². The van der Waals surface area contributed by atoms with Crippen LogP contribution in [0, 0.1) is 0 Å². The number of ether oxygens (including phenoxy) is 1. The number of urea groups is 1. The Balaban J connectivity index is 2.87. The molecule has 21 heavy (non-hydrogen) atoms. The van der Waals surface area contributed by atoms with Crippen LogP contribution in [0.4, 0.5) is 18.0 Å². The minimum Gasteiger partial charge on any atom is -0.480 e. The van der Waals surface area contributed by atoms with Crippen molar-refractivity contribution in [3.63, 3.8) is 0 Å². The summed E-state index contributed by atoms with van der Waals surface area (Å²) in [7, 11) is 1.33. The third kappa shape index (κ3) is 4.74. The zero-order valence-corrected chi connectivity index (χ0v) is 11.3. The fourth-order valence-corrected chi connectivity index (χ4v) is 2.17. The van der Waals surface area contributed by atoms with Crippen LogP contribution in [0.1, 0.15) is 6.42 Å². The molecule has 0 aromatic rings. The predicted molar refractivity (Wildman–Crippen MR) is 63.7 cm³/mol. The Morgan fingerprint density at radius 2 is 2.05 bits per heavy atom. The second-order valence-electron chi connectivity index (χ2n) is 4.64. The number of aliphatic hydroxyl groups excluding tert-OH is 1. The number of likely N-dealkylation sites (tertiary alicyclic amines) is 1. The monoisotopic (exact) mass is 314 g/mol. The van der Waals surface area contributed by atoms with Crippen molar-refractivity contribution in [1.82, 2.24) is 9.80 Å². The molecule has 0 bridgehead atoms. The molecule has 0 radical (unpaired) electrons. The van der Waals surface area contributed by atoms with Crippen molar-refractivity contribution in [2.75, 3.05) is 33.4 Å². The van der Waals surface area contributed by atoms with Crippen molar-refractivity contribution >= 4 is 12.0 Å². The number of rotatable bonds is 5. The average Bonchev–Trinajstić information content (AvgIpc) is 2.80. The minimum absolute atomic E-state index is 0.0105. The molecule has 1 aliphatic heterocycles. The second-order valence-corrected chi connectivity index (χ2v) is 4.64. The lowest BCUT2D eigenvalue weighted by Crippen LogP contribution is -2.51. The number of carboxylic acid groups (broad SMARTS) is 1. The van der Waals surface area contributed by atoms with Gasteiger partial charge < -0.3 is 24.7 Å². The molecule has 2 N–H and O–H groups in total. The number of carbonyl (C=O) groups is 2.